The summed E-state index contributed by atoms with van der Waals surface area (Å²) < 4.78 is 0. The van der Waals surface area contributed by atoms with E-state index < -0.39 is 17.3 Å². The molecule has 0 radical (unpaired) electrons. The quantitative estimate of drug-likeness (QED) is 0.493. The number of H-pyrrole nitrogens is 1. The van der Waals surface area contributed by atoms with Crippen LogP contribution in [0.25, 0.3) is 0 Å². The van der Waals surface area contributed by atoms with Crippen molar-refractivity contribution >= 4 is 5.91 Å². The van der Waals surface area contributed by atoms with Crippen molar-refractivity contribution in [1.29, 1.82) is 0 Å². The molecule has 0 unspecified atom stereocenters. The number of carbonyl (C=O) groups is 1. The summed E-state index contributed by atoms with van der Waals surface area (Å²) in [4.78, 5) is 23.0. The highest BCUT2D eigenvalue weighted by Gasteiger charge is 2.06. The summed E-state index contributed by atoms with van der Waals surface area (Å²) in [7, 11) is 0. The van der Waals surface area contributed by atoms with Crippen LogP contribution in [0, 0.1) is 0 Å². The van der Waals surface area contributed by atoms with Crippen molar-refractivity contribution < 1.29 is 9.90 Å². The van der Waals surface area contributed by atoms with E-state index >= 15 is 0 Å². The van der Waals surface area contributed by atoms with E-state index in [1.807, 2.05) is 4.98 Å². The lowest BCUT2D eigenvalue weighted by Gasteiger charge is -1.96. The zero-order valence-electron chi connectivity index (χ0n) is 5.50. The van der Waals surface area contributed by atoms with Crippen LogP contribution in [0.2, 0.25) is 0 Å². The zero-order valence-corrected chi connectivity index (χ0v) is 5.50. The molecule has 0 aliphatic carbocycles. The van der Waals surface area contributed by atoms with Crippen LogP contribution in [0.3, 0.4) is 0 Å². The lowest BCUT2D eigenvalue weighted by molar-refractivity contribution is 0.0997. The summed E-state index contributed by atoms with van der Waals surface area (Å²) in [6.07, 6.45) is 0. The molecule has 1 heterocycles. The van der Waals surface area contributed by atoms with Gasteiger partial charge >= 0.3 is 0 Å². The third-order valence-corrected chi connectivity index (χ3v) is 1.16. The maximum absolute atomic E-state index is 10.5. The van der Waals surface area contributed by atoms with Crippen LogP contribution in [0.1, 0.15) is 10.4 Å². The summed E-state index contributed by atoms with van der Waals surface area (Å²) in [6, 6.07) is 2.27. The van der Waals surface area contributed by atoms with Crippen LogP contribution in [-0.2, 0) is 0 Å². The molecule has 0 spiro atoms. The van der Waals surface area contributed by atoms with Crippen LogP contribution in [-0.4, -0.2) is 16.0 Å². The maximum Gasteiger partial charge on any atom is 0.254 e. The monoisotopic (exact) mass is 154 g/mol. The van der Waals surface area contributed by atoms with E-state index in [2.05, 4.69) is 0 Å². The van der Waals surface area contributed by atoms with Crippen molar-refractivity contribution in [3.05, 3.63) is 28.0 Å². The number of hydrogen-bond donors (Lipinski definition) is 3. The van der Waals surface area contributed by atoms with Gasteiger partial charge in [-0.2, -0.15) is 0 Å². The van der Waals surface area contributed by atoms with Crippen molar-refractivity contribution in [3.63, 3.8) is 0 Å². The average Bonchev–Trinajstić information content (AvgIpc) is 1.85. The van der Waals surface area contributed by atoms with Gasteiger partial charge in [-0.25, -0.2) is 0 Å². The number of hydrogen-bond acceptors (Lipinski definition) is 3. The second-order valence-electron chi connectivity index (χ2n) is 1.95. The Morgan fingerprint density at radius 3 is 2.64 bits per heavy atom. The van der Waals surface area contributed by atoms with Gasteiger partial charge in [0.15, 0.2) is 0 Å². The van der Waals surface area contributed by atoms with E-state index in [9.17, 15) is 9.59 Å². The van der Waals surface area contributed by atoms with E-state index in [0.717, 1.165) is 12.1 Å². The predicted molar refractivity (Wildman–Crippen MR) is 37.2 cm³/mol. The minimum atomic E-state index is -0.779. The van der Waals surface area contributed by atoms with Crippen LogP contribution < -0.4 is 11.3 Å². The molecule has 58 valence electrons. The Labute approximate surface area is 61.5 Å². The molecular formula is C6H6N2O3. The van der Waals surface area contributed by atoms with Crippen molar-refractivity contribution in [3.8, 4) is 5.88 Å². The molecule has 1 aromatic rings. The third kappa shape index (κ3) is 1.37. The fourth-order valence-electron chi connectivity index (χ4n) is 0.662. The zero-order chi connectivity index (χ0) is 8.43. The average molecular weight is 154 g/mol. The van der Waals surface area contributed by atoms with Gasteiger partial charge in [0.05, 0.1) is 5.56 Å². The first-order valence-electron chi connectivity index (χ1n) is 2.83. The molecule has 5 heteroatoms. The molecule has 1 amide bonds. The lowest BCUT2D eigenvalue weighted by Crippen LogP contribution is -2.14. The number of nitrogens with two attached hydrogens (primary N) is 1. The largest absolute Gasteiger partial charge is 0.494 e. The van der Waals surface area contributed by atoms with Crippen molar-refractivity contribution in [1.82, 2.24) is 4.98 Å². The molecular weight excluding hydrogens is 148 g/mol. The molecule has 1 rings (SSSR count). The smallest absolute Gasteiger partial charge is 0.254 e. The lowest BCUT2D eigenvalue weighted by atomic mass is 10.2. The Hall–Kier alpha value is -1.78. The van der Waals surface area contributed by atoms with Crippen molar-refractivity contribution in [2.24, 2.45) is 5.73 Å². The SMILES string of the molecule is NC(=O)c1ccc(=O)[nH]c1O. The molecule has 5 nitrogen and oxygen atoms in total. The number of primary amides is 1. The highest BCUT2D eigenvalue weighted by molar-refractivity contribution is 5.94. The van der Waals surface area contributed by atoms with Gasteiger partial charge in [-0.05, 0) is 6.07 Å². The number of pyridine rings is 1. The molecule has 0 aliphatic rings. The Kier molecular flexibility index (Phi) is 1.63. The fraction of sp³-hybridized carbons (Fsp3) is 0. The Morgan fingerprint density at radius 1 is 1.55 bits per heavy atom. The first-order valence-corrected chi connectivity index (χ1v) is 2.83. The van der Waals surface area contributed by atoms with Gasteiger partial charge in [0, 0.05) is 6.07 Å². The summed E-state index contributed by atoms with van der Waals surface area (Å²) in [5.41, 5.74) is 4.27. The molecule has 0 aromatic carbocycles. The highest BCUT2D eigenvalue weighted by Crippen LogP contribution is 2.07. The number of rotatable bonds is 1. The standard InChI is InChI=1S/C6H6N2O3/c7-5(10)3-1-2-4(9)8-6(3)11/h1-2H,(H2,7,10)(H2,8,9,11). The minimum Gasteiger partial charge on any atom is -0.494 e. The van der Waals surface area contributed by atoms with Gasteiger partial charge in [-0.15, -0.1) is 0 Å². The number of aromatic nitrogens is 1. The Morgan fingerprint density at radius 2 is 2.18 bits per heavy atom. The number of carbonyl (C=O) groups excluding carboxylic acids is 1. The summed E-state index contributed by atoms with van der Waals surface area (Å²) in [5, 5.41) is 8.91. The molecule has 0 bridgehead atoms. The molecule has 0 saturated carbocycles. The van der Waals surface area contributed by atoms with E-state index in [0.29, 0.717) is 0 Å². The molecule has 0 atom stereocenters. The molecule has 0 fully saturated rings. The topological polar surface area (TPSA) is 96.2 Å². The Bertz CT molecular complexity index is 342. The van der Waals surface area contributed by atoms with Crippen molar-refractivity contribution in [2.75, 3.05) is 0 Å². The van der Waals surface area contributed by atoms with Crippen LogP contribution in [0.4, 0.5) is 0 Å². The van der Waals surface area contributed by atoms with E-state index in [1.165, 1.54) is 0 Å². The molecule has 4 N–H and O–H groups in total. The van der Waals surface area contributed by atoms with Crippen LogP contribution in [0.5, 0.6) is 5.88 Å². The van der Waals surface area contributed by atoms with E-state index in [1.54, 1.807) is 0 Å². The summed E-state index contributed by atoms with van der Waals surface area (Å²) >= 11 is 0. The third-order valence-electron chi connectivity index (χ3n) is 1.16. The first kappa shape index (κ1) is 7.33. The molecule has 11 heavy (non-hydrogen) atoms. The first-order chi connectivity index (χ1) is 5.11. The van der Waals surface area contributed by atoms with E-state index in [-0.39, 0.29) is 5.56 Å². The maximum atomic E-state index is 10.5. The number of aromatic amines is 1. The fourth-order valence-corrected chi connectivity index (χ4v) is 0.662. The van der Waals surface area contributed by atoms with Crippen LogP contribution >= 0.6 is 0 Å². The van der Waals surface area contributed by atoms with Gasteiger partial charge in [0.1, 0.15) is 0 Å². The second-order valence-corrected chi connectivity index (χ2v) is 1.95. The Balaban J connectivity index is 3.31. The molecule has 0 saturated heterocycles. The number of amides is 1. The predicted octanol–water partition coefficient (Wildman–Crippen LogP) is -0.821. The minimum absolute atomic E-state index is 0.0930. The normalized spacial score (nSPS) is 9.45. The number of nitrogens with one attached hydrogen (secondary N) is 1. The molecule has 1 aromatic heterocycles. The number of aromatic hydroxyl groups is 1. The van der Waals surface area contributed by atoms with Crippen LogP contribution in [0.15, 0.2) is 16.9 Å². The van der Waals surface area contributed by atoms with Gasteiger partial charge in [0.2, 0.25) is 5.88 Å². The highest BCUT2D eigenvalue weighted by atomic mass is 16.3. The van der Waals surface area contributed by atoms with Crippen molar-refractivity contribution in [2.45, 2.75) is 0 Å². The second kappa shape index (κ2) is 2.45. The van der Waals surface area contributed by atoms with Gasteiger partial charge in [-0.3, -0.25) is 14.6 Å². The van der Waals surface area contributed by atoms with E-state index in [4.69, 9.17) is 10.8 Å². The molecule has 0 aliphatic heterocycles. The van der Waals surface area contributed by atoms with Gasteiger partial charge in [-0.1, -0.05) is 0 Å². The summed E-state index contributed by atoms with van der Waals surface area (Å²) in [5.74, 6) is -1.27. The van der Waals surface area contributed by atoms with Gasteiger partial charge in [0.25, 0.3) is 11.5 Å². The summed E-state index contributed by atoms with van der Waals surface area (Å²) in [6.45, 7) is 0. The van der Waals surface area contributed by atoms with Gasteiger partial charge < -0.3 is 10.8 Å².